The highest BCUT2D eigenvalue weighted by Gasteiger charge is 2.05. The van der Waals surface area contributed by atoms with Gasteiger partial charge in [0.05, 0.1) is 18.3 Å². The summed E-state index contributed by atoms with van der Waals surface area (Å²) in [5.41, 5.74) is 1.67. The number of para-hydroxylation sites is 1. The number of methoxy groups -OCH3 is 1. The van der Waals surface area contributed by atoms with Gasteiger partial charge in [0, 0.05) is 11.4 Å². The molecule has 7 heteroatoms. The maximum atomic E-state index is 6.10. The third kappa shape index (κ3) is 3.87. The lowest BCUT2D eigenvalue weighted by Crippen LogP contribution is -2.02. The predicted molar refractivity (Wildman–Crippen MR) is 90.8 cm³/mol. The third-order valence-electron chi connectivity index (χ3n) is 3.01. The van der Waals surface area contributed by atoms with Gasteiger partial charge >= 0.3 is 0 Å². The fraction of sp³-hybridized carbons (Fsp3) is 0.0625. The van der Waals surface area contributed by atoms with Crippen LogP contribution in [0.25, 0.3) is 0 Å². The summed E-state index contributed by atoms with van der Waals surface area (Å²) >= 11 is 6.10. The molecule has 3 aromatic rings. The molecule has 0 aliphatic carbocycles. The molecule has 6 nitrogen and oxygen atoms in total. The molecule has 3 rings (SSSR count). The van der Waals surface area contributed by atoms with Crippen molar-refractivity contribution >= 4 is 34.7 Å². The first-order chi connectivity index (χ1) is 11.2. The van der Waals surface area contributed by atoms with Gasteiger partial charge in [-0.2, -0.15) is 10.1 Å². The lowest BCUT2D eigenvalue weighted by atomic mass is 10.3. The Labute approximate surface area is 138 Å². The molecule has 23 heavy (non-hydrogen) atoms. The number of nitrogens with zero attached hydrogens (tertiary/aromatic N) is 3. The van der Waals surface area contributed by atoms with Crippen molar-refractivity contribution in [1.82, 2.24) is 15.2 Å². The van der Waals surface area contributed by atoms with Gasteiger partial charge in [-0.05, 0) is 30.3 Å². The van der Waals surface area contributed by atoms with Gasteiger partial charge in [0.15, 0.2) is 5.82 Å². The molecule has 0 bridgehead atoms. The molecule has 1 aromatic heterocycles. The number of benzene rings is 2. The highest BCUT2D eigenvalue weighted by atomic mass is 35.5. The van der Waals surface area contributed by atoms with E-state index in [9.17, 15) is 0 Å². The van der Waals surface area contributed by atoms with E-state index in [4.69, 9.17) is 16.3 Å². The summed E-state index contributed by atoms with van der Waals surface area (Å²) in [6.07, 6.45) is 1.55. The Morgan fingerprint density at radius 2 is 1.83 bits per heavy atom. The Morgan fingerprint density at radius 1 is 1.00 bits per heavy atom. The first-order valence-corrected chi connectivity index (χ1v) is 7.25. The SMILES string of the molecule is COc1ccc(Nc2nncc(Nc3ccccc3)n2)cc1Cl. The van der Waals surface area contributed by atoms with Crippen molar-refractivity contribution in [1.29, 1.82) is 0 Å². The average Bonchev–Trinajstić information content (AvgIpc) is 2.56. The smallest absolute Gasteiger partial charge is 0.249 e. The van der Waals surface area contributed by atoms with Crippen LogP contribution in [0.15, 0.2) is 54.7 Å². The molecule has 0 fully saturated rings. The first kappa shape index (κ1) is 15.1. The summed E-state index contributed by atoms with van der Waals surface area (Å²) in [7, 11) is 1.57. The number of hydrogen-bond acceptors (Lipinski definition) is 6. The van der Waals surface area contributed by atoms with Gasteiger partial charge in [0.25, 0.3) is 0 Å². The normalized spacial score (nSPS) is 10.2. The predicted octanol–water partition coefficient (Wildman–Crippen LogP) is 4.02. The van der Waals surface area contributed by atoms with Crippen molar-refractivity contribution in [2.75, 3.05) is 17.7 Å². The summed E-state index contributed by atoms with van der Waals surface area (Å²) in [5, 5.41) is 14.6. The fourth-order valence-electron chi connectivity index (χ4n) is 1.96. The van der Waals surface area contributed by atoms with E-state index >= 15 is 0 Å². The minimum atomic E-state index is 0.368. The van der Waals surface area contributed by atoms with Crippen molar-refractivity contribution < 1.29 is 4.74 Å². The molecule has 0 radical (unpaired) electrons. The standard InChI is InChI=1S/C16H14ClN5O/c1-23-14-8-7-12(9-13(14)17)20-16-21-15(10-18-22-16)19-11-5-3-2-4-6-11/h2-10H,1H3,(H2,19,20,21,22). The third-order valence-corrected chi connectivity index (χ3v) is 3.31. The second-order valence-corrected chi connectivity index (χ2v) is 5.04. The molecule has 0 saturated heterocycles. The van der Waals surface area contributed by atoms with E-state index in [1.807, 2.05) is 36.4 Å². The Morgan fingerprint density at radius 3 is 2.57 bits per heavy atom. The van der Waals surface area contributed by atoms with Gasteiger partial charge in [0.1, 0.15) is 5.75 Å². The van der Waals surface area contributed by atoms with Gasteiger partial charge in [-0.25, -0.2) is 0 Å². The van der Waals surface area contributed by atoms with Crippen molar-refractivity contribution in [3.05, 3.63) is 59.8 Å². The van der Waals surface area contributed by atoms with Crippen LogP contribution in [0, 0.1) is 0 Å². The topological polar surface area (TPSA) is 72.0 Å². The molecule has 2 aromatic carbocycles. The van der Waals surface area contributed by atoms with E-state index in [1.165, 1.54) is 0 Å². The van der Waals surface area contributed by atoms with Gasteiger partial charge < -0.3 is 15.4 Å². The molecule has 1 heterocycles. The second-order valence-electron chi connectivity index (χ2n) is 4.63. The number of rotatable bonds is 5. The molecule has 0 spiro atoms. The summed E-state index contributed by atoms with van der Waals surface area (Å²) in [5.74, 6) is 1.57. The Kier molecular flexibility index (Phi) is 4.54. The van der Waals surface area contributed by atoms with E-state index in [2.05, 4.69) is 25.8 Å². The van der Waals surface area contributed by atoms with E-state index in [1.54, 1.807) is 25.4 Å². The number of hydrogen-bond donors (Lipinski definition) is 2. The molecule has 0 amide bonds. The monoisotopic (exact) mass is 327 g/mol. The molecule has 116 valence electrons. The van der Waals surface area contributed by atoms with Gasteiger partial charge in [-0.1, -0.05) is 29.8 Å². The zero-order valence-corrected chi connectivity index (χ0v) is 13.1. The number of anilines is 4. The van der Waals surface area contributed by atoms with Gasteiger partial charge in [0.2, 0.25) is 5.95 Å². The van der Waals surface area contributed by atoms with Crippen molar-refractivity contribution in [2.24, 2.45) is 0 Å². The molecule has 0 aliphatic heterocycles. The molecular weight excluding hydrogens is 314 g/mol. The number of aromatic nitrogens is 3. The molecule has 2 N–H and O–H groups in total. The van der Waals surface area contributed by atoms with Crippen LogP contribution in [0.3, 0.4) is 0 Å². The minimum Gasteiger partial charge on any atom is -0.495 e. The van der Waals surface area contributed by atoms with Crippen LogP contribution >= 0.6 is 11.6 Å². The maximum Gasteiger partial charge on any atom is 0.249 e. The summed E-state index contributed by atoms with van der Waals surface area (Å²) in [4.78, 5) is 4.37. The number of ether oxygens (including phenoxy) is 1. The minimum absolute atomic E-state index is 0.368. The lowest BCUT2D eigenvalue weighted by molar-refractivity contribution is 0.415. The van der Waals surface area contributed by atoms with Crippen LogP contribution in [-0.4, -0.2) is 22.3 Å². The summed E-state index contributed by atoms with van der Waals surface area (Å²) in [6.45, 7) is 0. The van der Waals surface area contributed by atoms with Crippen LogP contribution in [-0.2, 0) is 0 Å². The van der Waals surface area contributed by atoms with Crippen molar-refractivity contribution in [2.45, 2.75) is 0 Å². The molecule has 0 saturated carbocycles. The lowest BCUT2D eigenvalue weighted by Gasteiger charge is -2.09. The van der Waals surface area contributed by atoms with Gasteiger partial charge in [-0.3, -0.25) is 0 Å². The maximum absolute atomic E-state index is 6.10. The molecular formula is C16H14ClN5O. The zero-order chi connectivity index (χ0) is 16.1. The van der Waals surface area contributed by atoms with Crippen molar-refractivity contribution in [3.63, 3.8) is 0 Å². The fourth-order valence-corrected chi connectivity index (χ4v) is 2.22. The summed E-state index contributed by atoms with van der Waals surface area (Å²) in [6, 6.07) is 15.0. The van der Waals surface area contributed by atoms with Gasteiger partial charge in [-0.15, -0.1) is 5.10 Å². The highest BCUT2D eigenvalue weighted by Crippen LogP contribution is 2.28. The number of halogens is 1. The first-order valence-electron chi connectivity index (χ1n) is 6.87. The quantitative estimate of drug-likeness (QED) is 0.737. The van der Waals surface area contributed by atoms with E-state index < -0.39 is 0 Å². The Hall–Kier alpha value is -2.86. The van der Waals surface area contributed by atoms with E-state index in [-0.39, 0.29) is 0 Å². The van der Waals surface area contributed by atoms with Crippen LogP contribution in [0.4, 0.5) is 23.1 Å². The Bertz CT molecular complexity index is 797. The molecule has 0 aliphatic rings. The summed E-state index contributed by atoms with van der Waals surface area (Å²) < 4.78 is 5.12. The van der Waals surface area contributed by atoms with Crippen LogP contribution in [0.5, 0.6) is 5.75 Å². The highest BCUT2D eigenvalue weighted by molar-refractivity contribution is 6.32. The largest absolute Gasteiger partial charge is 0.495 e. The van der Waals surface area contributed by atoms with Crippen molar-refractivity contribution in [3.8, 4) is 5.75 Å². The average molecular weight is 328 g/mol. The van der Waals surface area contributed by atoms with E-state index in [0.717, 1.165) is 11.4 Å². The Balaban J connectivity index is 1.76. The molecule has 0 unspecified atom stereocenters. The van der Waals surface area contributed by atoms with Crippen LogP contribution < -0.4 is 15.4 Å². The second kappa shape index (κ2) is 6.93. The molecule has 0 atom stereocenters. The van der Waals surface area contributed by atoms with E-state index in [0.29, 0.717) is 22.5 Å². The number of nitrogens with one attached hydrogen (secondary N) is 2. The zero-order valence-electron chi connectivity index (χ0n) is 12.3. The van der Waals surface area contributed by atoms with Crippen LogP contribution in [0.2, 0.25) is 5.02 Å². The van der Waals surface area contributed by atoms with Crippen LogP contribution in [0.1, 0.15) is 0 Å².